The Morgan fingerprint density at radius 2 is 2.12 bits per heavy atom. The van der Waals surface area contributed by atoms with Gasteiger partial charge in [-0.25, -0.2) is 8.42 Å². The molecule has 0 spiro atoms. The molecular formula is C10H19N3O2S. The summed E-state index contributed by atoms with van der Waals surface area (Å²) >= 11 is 0. The van der Waals surface area contributed by atoms with Gasteiger partial charge in [-0.15, -0.1) is 0 Å². The number of nitrogens with zero attached hydrogens (tertiary/aromatic N) is 2. The first-order valence-electron chi connectivity index (χ1n) is 5.31. The molecule has 1 aromatic heterocycles. The summed E-state index contributed by atoms with van der Waals surface area (Å²) in [5.74, 6) is 0.122. The predicted molar refractivity (Wildman–Crippen MR) is 63.8 cm³/mol. The van der Waals surface area contributed by atoms with Gasteiger partial charge < -0.3 is 5.73 Å². The number of nitrogens with two attached hydrogens (primary N) is 1. The standard InChI is InChI=1S/C10H19N3O2S/c1-8(2)16(14,15)5-4-13-9(3)10(6-11)7-12-13/h7-8H,4-6,11H2,1-3H3. The van der Waals surface area contributed by atoms with Crippen LogP contribution in [0.25, 0.3) is 0 Å². The third-order valence-corrected chi connectivity index (χ3v) is 4.92. The van der Waals surface area contributed by atoms with Crippen LogP contribution >= 0.6 is 0 Å². The molecule has 0 aliphatic carbocycles. The van der Waals surface area contributed by atoms with E-state index in [2.05, 4.69) is 5.10 Å². The summed E-state index contributed by atoms with van der Waals surface area (Å²) in [5, 5.41) is 3.79. The van der Waals surface area contributed by atoms with Crippen LogP contribution in [0.1, 0.15) is 25.1 Å². The topological polar surface area (TPSA) is 78.0 Å². The Balaban J connectivity index is 2.72. The largest absolute Gasteiger partial charge is 0.326 e. The highest BCUT2D eigenvalue weighted by Gasteiger charge is 2.16. The van der Waals surface area contributed by atoms with Crippen molar-refractivity contribution in [1.82, 2.24) is 9.78 Å². The van der Waals surface area contributed by atoms with Crippen molar-refractivity contribution in [1.29, 1.82) is 0 Å². The number of aryl methyl sites for hydroxylation is 1. The van der Waals surface area contributed by atoms with Gasteiger partial charge in [0.25, 0.3) is 0 Å². The van der Waals surface area contributed by atoms with Crippen LogP contribution in [0.15, 0.2) is 6.20 Å². The van der Waals surface area contributed by atoms with Crippen molar-refractivity contribution < 1.29 is 8.42 Å². The second-order valence-electron chi connectivity index (χ2n) is 4.10. The monoisotopic (exact) mass is 245 g/mol. The molecule has 0 saturated heterocycles. The third-order valence-electron chi connectivity index (χ3n) is 2.73. The molecule has 1 rings (SSSR count). The van der Waals surface area contributed by atoms with Crippen LogP contribution in [0.2, 0.25) is 0 Å². The predicted octanol–water partition coefficient (Wildman–Crippen LogP) is 0.473. The smallest absolute Gasteiger partial charge is 0.154 e. The minimum absolute atomic E-state index is 0.122. The van der Waals surface area contributed by atoms with Crippen LogP contribution in [0.5, 0.6) is 0 Å². The normalized spacial score (nSPS) is 12.3. The number of sulfone groups is 1. The molecule has 0 aromatic carbocycles. The number of aromatic nitrogens is 2. The van der Waals surface area contributed by atoms with E-state index in [1.165, 1.54) is 0 Å². The summed E-state index contributed by atoms with van der Waals surface area (Å²) in [5.41, 5.74) is 7.43. The molecular weight excluding hydrogens is 226 g/mol. The summed E-state index contributed by atoms with van der Waals surface area (Å²) in [6.07, 6.45) is 1.69. The Morgan fingerprint density at radius 3 is 2.56 bits per heavy atom. The van der Waals surface area contributed by atoms with Gasteiger partial charge in [-0.05, 0) is 20.8 Å². The highest BCUT2D eigenvalue weighted by Crippen LogP contribution is 2.07. The van der Waals surface area contributed by atoms with Gasteiger partial charge in [0.2, 0.25) is 0 Å². The molecule has 5 nitrogen and oxygen atoms in total. The summed E-state index contributed by atoms with van der Waals surface area (Å²) in [6, 6.07) is 0. The number of hydrogen-bond acceptors (Lipinski definition) is 4. The van der Waals surface area contributed by atoms with E-state index >= 15 is 0 Å². The van der Waals surface area contributed by atoms with Gasteiger partial charge in [0.1, 0.15) is 0 Å². The van der Waals surface area contributed by atoms with Gasteiger partial charge >= 0.3 is 0 Å². The summed E-state index contributed by atoms with van der Waals surface area (Å²) in [4.78, 5) is 0. The number of rotatable bonds is 5. The van der Waals surface area contributed by atoms with E-state index in [0.717, 1.165) is 11.3 Å². The average Bonchev–Trinajstić information content (AvgIpc) is 2.56. The van der Waals surface area contributed by atoms with Crippen molar-refractivity contribution in [2.75, 3.05) is 5.75 Å². The molecule has 0 fully saturated rings. The van der Waals surface area contributed by atoms with Gasteiger partial charge in [0, 0.05) is 17.8 Å². The first kappa shape index (κ1) is 13.2. The van der Waals surface area contributed by atoms with Crippen LogP contribution < -0.4 is 5.73 Å². The zero-order valence-corrected chi connectivity index (χ0v) is 10.8. The lowest BCUT2D eigenvalue weighted by atomic mass is 10.3. The molecule has 92 valence electrons. The van der Waals surface area contributed by atoms with Gasteiger partial charge in [-0.2, -0.15) is 5.10 Å². The Bertz CT molecular complexity index is 449. The molecule has 1 aromatic rings. The summed E-state index contributed by atoms with van der Waals surface area (Å²) in [7, 11) is -3.00. The highest BCUT2D eigenvalue weighted by atomic mass is 32.2. The summed E-state index contributed by atoms with van der Waals surface area (Å²) in [6.45, 7) is 6.11. The molecule has 2 N–H and O–H groups in total. The zero-order valence-electron chi connectivity index (χ0n) is 9.97. The lowest BCUT2D eigenvalue weighted by molar-refractivity contribution is 0.569. The van der Waals surface area contributed by atoms with Crippen LogP contribution in [0, 0.1) is 6.92 Å². The van der Waals surface area contributed by atoms with Crippen LogP contribution in [0.3, 0.4) is 0 Å². The third kappa shape index (κ3) is 2.82. The minimum atomic E-state index is -3.00. The first-order chi connectivity index (χ1) is 7.38. The molecule has 6 heteroatoms. The van der Waals surface area contributed by atoms with Crippen molar-refractivity contribution in [3.63, 3.8) is 0 Å². The summed E-state index contributed by atoms with van der Waals surface area (Å²) < 4.78 is 24.9. The minimum Gasteiger partial charge on any atom is -0.326 e. The lowest BCUT2D eigenvalue weighted by Gasteiger charge is -2.09. The fourth-order valence-corrected chi connectivity index (χ4v) is 2.26. The zero-order chi connectivity index (χ0) is 12.3. The van der Waals surface area contributed by atoms with Crippen molar-refractivity contribution in [2.45, 2.75) is 39.1 Å². The van der Waals surface area contributed by atoms with Gasteiger partial charge in [0.15, 0.2) is 9.84 Å². The quantitative estimate of drug-likeness (QED) is 0.818. The second kappa shape index (κ2) is 4.97. The van der Waals surface area contributed by atoms with E-state index in [0.29, 0.717) is 13.1 Å². The number of hydrogen-bond donors (Lipinski definition) is 1. The maximum atomic E-state index is 11.6. The van der Waals surface area contributed by atoms with E-state index in [4.69, 9.17) is 5.73 Å². The van der Waals surface area contributed by atoms with E-state index in [-0.39, 0.29) is 11.0 Å². The fourth-order valence-electron chi connectivity index (χ4n) is 1.36. The van der Waals surface area contributed by atoms with Crippen molar-refractivity contribution in [3.8, 4) is 0 Å². The molecule has 0 aliphatic heterocycles. The molecule has 0 atom stereocenters. The molecule has 0 unspecified atom stereocenters. The van der Waals surface area contributed by atoms with Gasteiger partial charge in [-0.3, -0.25) is 4.68 Å². The van der Waals surface area contributed by atoms with Crippen molar-refractivity contribution >= 4 is 9.84 Å². The SMILES string of the molecule is Cc1c(CN)cnn1CCS(=O)(=O)C(C)C. The lowest BCUT2D eigenvalue weighted by Crippen LogP contribution is -2.22. The average molecular weight is 245 g/mol. The Kier molecular flexibility index (Phi) is 4.09. The molecule has 0 radical (unpaired) electrons. The highest BCUT2D eigenvalue weighted by molar-refractivity contribution is 7.91. The molecule has 0 saturated carbocycles. The fraction of sp³-hybridized carbons (Fsp3) is 0.700. The Hall–Kier alpha value is -0.880. The molecule has 0 amide bonds. The van der Waals surface area contributed by atoms with E-state index < -0.39 is 9.84 Å². The van der Waals surface area contributed by atoms with Gasteiger partial charge in [0.05, 0.1) is 23.7 Å². The Morgan fingerprint density at radius 1 is 1.50 bits per heavy atom. The van der Waals surface area contributed by atoms with E-state index in [1.807, 2.05) is 6.92 Å². The van der Waals surface area contributed by atoms with Crippen LogP contribution in [0.4, 0.5) is 0 Å². The maximum Gasteiger partial charge on any atom is 0.154 e. The Labute approximate surface area is 96.6 Å². The van der Waals surface area contributed by atoms with E-state index in [9.17, 15) is 8.42 Å². The molecule has 0 bridgehead atoms. The van der Waals surface area contributed by atoms with Crippen LogP contribution in [-0.2, 0) is 22.9 Å². The second-order valence-corrected chi connectivity index (χ2v) is 6.78. The van der Waals surface area contributed by atoms with Crippen molar-refractivity contribution in [2.24, 2.45) is 5.73 Å². The first-order valence-corrected chi connectivity index (χ1v) is 7.03. The van der Waals surface area contributed by atoms with Gasteiger partial charge in [-0.1, -0.05) is 0 Å². The molecule has 0 aliphatic rings. The molecule has 16 heavy (non-hydrogen) atoms. The van der Waals surface area contributed by atoms with E-state index in [1.54, 1.807) is 24.7 Å². The maximum absolute atomic E-state index is 11.6. The molecule has 1 heterocycles. The van der Waals surface area contributed by atoms with Crippen LogP contribution in [-0.4, -0.2) is 29.2 Å². The van der Waals surface area contributed by atoms with Crippen molar-refractivity contribution in [3.05, 3.63) is 17.5 Å².